The Kier molecular flexibility index (Phi) is 2.26. The van der Waals surface area contributed by atoms with Crippen LogP contribution in [0.4, 0.5) is 5.82 Å². The van der Waals surface area contributed by atoms with Gasteiger partial charge in [-0.15, -0.1) is 0 Å². The summed E-state index contributed by atoms with van der Waals surface area (Å²) in [6.07, 6.45) is 3.05. The van der Waals surface area contributed by atoms with Crippen LogP contribution in [0, 0.1) is 0 Å². The van der Waals surface area contributed by atoms with Crippen molar-refractivity contribution in [1.82, 2.24) is 9.97 Å². The largest absolute Gasteiger partial charge is 0.611 e. The molecule has 1 N–H and O–H groups in total. The van der Waals surface area contributed by atoms with E-state index in [0.29, 0.717) is 17.6 Å². The Bertz CT molecular complexity index is 411. The molecule has 2 heterocycles. The van der Waals surface area contributed by atoms with E-state index in [0.717, 1.165) is 29.9 Å². The van der Waals surface area contributed by atoms with Gasteiger partial charge in [-0.25, -0.2) is 4.98 Å². The first-order chi connectivity index (χ1) is 7.24. The molecule has 1 fully saturated rings. The summed E-state index contributed by atoms with van der Waals surface area (Å²) in [6, 6.07) is 0.484. The van der Waals surface area contributed by atoms with E-state index in [9.17, 15) is 4.55 Å². The molecule has 1 saturated carbocycles. The molecule has 1 aliphatic heterocycles. The molecular weight excluding hydrogens is 234 g/mol. The van der Waals surface area contributed by atoms with E-state index in [2.05, 4.69) is 15.3 Å². The zero-order valence-electron chi connectivity index (χ0n) is 7.99. The highest BCUT2D eigenvalue weighted by Crippen LogP contribution is 2.34. The highest BCUT2D eigenvalue weighted by Gasteiger charge is 2.33. The fraction of sp³-hybridized carbons (Fsp3) is 0.556. The third kappa shape index (κ3) is 1.79. The van der Waals surface area contributed by atoms with Crippen molar-refractivity contribution >= 4 is 28.6 Å². The Balaban J connectivity index is 2.02. The molecule has 1 aromatic heterocycles. The minimum absolute atomic E-state index is 0.246. The second-order valence-corrected chi connectivity index (χ2v) is 5.68. The minimum Gasteiger partial charge on any atom is -0.611 e. The number of aryl methyl sites for hydroxylation is 1. The smallest absolute Gasteiger partial charge is 0.224 e. The molecule has 1 aromatic rings. The average molecular weight is 244 g/mol. The minimum atomic E-state index is -0.952. The molecule has 0 spiro atoms. The maximum Gasteiger partial charge on any atom is 0.224 e. The number of rotatable bonds is 2. The third-order valence-corrected chi connectivity index (χ3v) is 4.21. The van der Waals surface area contributed by atoms with E-state index in [1.807, 2.05) is 0 Å². The van der Waals surface area contributed by atoms with Gasteiger partial charge < -0.3 is 9.87 Å². The normalized spacial score (nSPS) is 24.0. The van der Waals surface area contributed by atoms with Crippen LogP contribution in [0.25, 0.3) is 0 Å². The molecule has 1 aliphatic carbocycles. The van der Waals surface area contributed by atoms with Crippen molar-refractivity contribution in [1.29, 1.82) is 0 Å². The van der Waals surface area contributed by atoms with Crippen LogP contribution in [0.5, 0.6) is 0 Å². The van der Waals surface area contributed by atoms with Crippen LogP contribution in [0.15, 0.2) is 4.90 Å². The van der Waals surface area contributed by atoms with Crippen molar-refractivity contribution in [2.24, 2.45) is 0 Å². The summed E-state index contributed by atoms with van der Waals surface area (Å²) < 4.78 is 11.7. The lowest BCUT2D eigenvalue weighted by atomic mass is 10.3. The van der Waals surface area contributed by atoms with Gasteiger partial charge in [0, 0.05) is 12.5 Å². The first kappa shape index (κ1) is 9.69. The van der Waals surface area contributed by atoms with E-state index < -0.39 is 11.2 Å². The maximum atomic E-state index is 11.7. The Morgan fingerprint density at radius 2 is 2.20 bits per heavy atom. The van der Waals surface area contributed by atoms with Crippen LogP contribution >= 0.6 is 11.6 Å². The molecule has 0 amide bonds. The molecule has 1 atom stereocenters. The quantitative estimate of drug-likeness (QED) is 0.630. The Hall–Kier alpha value is -0.520. The van der Waals surface area contributed by atoms with Crippen LogP contribution in [0.3, 0.4) is 0 Å². The van der Waals surface area contributed by atoms with Gasteiger partial charge in [0.25, 0.3) is 0 Å². The molecule has 4 nitrogen and oxygen atoms in total. The van der Waals surface area contributed by atoms with Crippen molar-refractivity contribution in [2.45, 2.75) is 30.2 Å². The zero-order valence-corrected chi connectivity index (χ0v) is 9.57. The molecule has 15 heavy (non-hydrogen) atoms. The lowest BCUT2D eigenvalue weighted by Gasteiger charge is -2.09. The summed E-state index contributed by atoms with van der Waals surface area (Å²) in [4.78, 5) is 9.01. The Morgan fingerprint density at radius 1 is 1.40 bits per heavy atom. The SMILES string of the molecule is [O-][S+]1CCc2nc(Cl)nc(NC3CC3)c21. The number of anilines is 1. The highest BCUT2D eigenvalue weighted by molar-refractivity contribution is 7.91. The lowest BCUT2D eigenvalue weighted by Crippen LogP contribution is -2.10. The summed E-state index contributed by atoms with van der Waals surface area (Å²) in [5.74, 6) is 1.33. The molecule has 80 valence electrons. The van der Waals surface area contributed by atoms with Gasteiger partial charge >= 0.3 is 0 Å². The molecule has 0 saturated heterocycles. The van der Waals surface area contributed by atoms with Gasteiger partial charge in [-0.3, -0.25) is 0 Å². The first-order valence-electron chi connectivity index (χ1n) is 4.95. The monoisotopic (exact) mass is 243 g/mol. The van der Waals surface area contributed by atoms with Gasteiger partial charge in [0.1, 0.15) is 11.4 Å². The molecule has 6 heteroatoms. The summed E-state index contributed by atoms with van der Waals surface area (Å²) in [5, 5.41) is 3.50. The van der Waals surface area contributed by atoms with E-state index in [1.165, 1.54) is 0 Å². The van der Waals surface area contributed by atoms with Gasteiger partial charge in [-0.05, 0) is 35.6 Å². The van der Waals surface area contributed by atoms with Crippen LogP contribution in [-0.4, -0.2) is 26.3 Å². The topological polar surface area (TPSA) is 60.9 Å². The zero-order chi connectivity index (χ0) is 10.4. The van der Waals surface area contributed by atoms with E-state index >= 15 is 0 Å². The van der Waals surface area contributed by atoms with Crippen LogP contribution < -0.4 is 5.32 Å². The fourth-order valence-electron chi connectivity index (χ4n) is 1.69. The fourth-order valence-corrected chi connectivity index (χ4v) is 3.19. The third-order valence-electron chi connectivity index (χ3n) is 2.58. The number of nitrogens with zero attached hydrogens (tertiary/aromatic N) is 2. The number of hydrogen-bond acceptors (Lipinski definition) is 4. The number of fused-ring (bicyclic) bond motifs is 1. The summed E-state index contributed by atoms with van der Waals surface area (Å²) >= 11 is 4.87. The Morgan fingerprint density at radius 3 is 2.93 bits per heavy atom. The first-order valence-corrected chi connectivity index (χ1v) is 6.65. The van der Waals surface area contributed by atoms with Crippen molar-refractivity contribution in [2.75, 3.05) is 11.1 Å². The predicted octanol–water partition coefficient (Wildman–Crippen LogP) is 1.37. The van der Waals surface area contributed by atoms with Gasteiger partial charge in [-0.2, -0.15) is 4.98 Å². The second kappa shape index (κ2) is 3.50. The lowest BCUT2D eigenvalue weighted by molar-refractivity contribution is 0.598. The van der Waals surface area contributed by atoms with Crippen molar-refractivity contribution in [3.63, 3.8) is 0 Å². The molecule has 2 aliphatic rings. The summed E-state index contributed by atoms with van der Waals surface area (Å²) in [7, 11) is 0. The molecule has 1 unspecified atom stereocenters. The van der Waals surface area contributed by atoms with Gasteiger partial charge in [0.15, 0.2) is 5.82 Å². The van der Waals surface area contributed by atoms with E-state index in [-0.39, 0.29) is 5.28 Å². The van der Waals surface area contributed by atoms with E-state index in [4.69, 9.17) is 11.6 Å². The van der Waals surface area contributed by atoms with Crippen molar-refractivity contribution in [3.05, 3.63) is 11.0 Å². The van der Waals surface area contributed by atoms with Crippen molar-refractivity contribution < 1.29 is 4.55 Å². The molecule has 0 bridgehead atoms. The molecule has 0 aromatic carbocycles. The van der Waals surface area contributed by atoms with Gasteiger partial charge in [0.05, 0.1) is 0 Å². The van der Waals surface area contributed by atoms with Crippen LogP contribution in [0.1, 0.15) is 18.5 Å². The Labute approximate surface area is 95.6 Å². The average Bonchev–Trinajstić information content (AvgIpc) is 2.91. The van der Waals surface area contributed by atoms with Crippen LogP contribution in [0.2, 0.25) is 5.28 Å². The standard InChI is InChI=1S/C9H10ClN3OS/c10-9-12-6-3-4-15(14)7(6)8(13-9)11-5-1-2-5/h5H,1-4H2,(H,11,12,13). The maximum absolute atomic E-state index is 11.7. The summed E-state index contributed by atoms with van der Waals surface area (Å²) in [5.41, 5.74) is 0.844. The van der Waals surface area contributed by atoms with Crippen LogP contribution in [-0.2, 0) is 17.6 Å². The van der Waals surface area contributed by atoms with E-state index in [1.54, 1.807) is 0 Å². The molecule has 3 rings (SSSR count). The number of aromatic nitrogens is 2. The molecule has 0 radical (unpaired) electrons. The van der Waals surface area contributed by atoms with Crippen molar-refractivity contribution in [3.8, 4) is 0 Å². The number of hydrogen-bond donors (Lipinski definition) is 1. The summed E-state index contributed by atoms with van der Waals surface area (Å²) in [6.45, 7) is 0. The highest BCUT2D eigenvalue weighted by atomic mass is 35.5. The predicted molar refractivity (Wildman–Crippen MR) is 58.7 cm³/mol. The second-order valence-electron chi connectivity index (χ2n) is 3.84. The van der Waals surface area contributed by atoms with Gasteiger partial charge in [0.2, 0.25) is 10.2 Å². The number of nitrogens with one attached hydrogen (secondary N) is 1. The number of halogens is 1. The van der Waals surface area contributed by atoms with Gasteiger partial charge in [-0.1, -0.05) is 0 Å². The molecular formula is C9H10ClN3OS.